The second-order valence-electron chi connectivity index (χ2n) is 7.72. The molecule has 4 rings (SSSR count). The molecule has 5 nitrogen and oxygen atoms in total. The highest BCUT2D eigenvalue weighted by Gasteiger charge is 2.32. The van der Waals surface area contributed by atoms with E-state index in [4.69, 9.17) is 4.74 Å². The Morgan fingerprint density at radius 3 is 2.10 bits per heavy atom. The molecule has 1 aliphatic carbocycles. The molecule has 0 spiro atoms. The minimum absolute atomic E-state index is 0.132. The molecule has 0 aromatic heterocycles. The molecule has 1 N–H and O–H groups in total. The fourth-order valence-corrected chi connectivity index (χ4v) is 3.30. The number of rotatable bonds is 7. The zero-order valence-electron chi connectivity index (χ0n) is 17.2. The maximum atomic E-state index is 13.1. The van der Waals surface area contributed by atoms with Crippen molar-refractivity contribution in [2.75, 3.05) is 0 Å². The molecule has 0 aliphatic heterocycles. The molecule has 156 valence electrons. The van der Waals surface area contributed by atoms with Crippen LogP contribution in [-0.2, 0) is 9.53 Å². The van der Waals surface area contributed by atoms with Crippen LogP contribution in [0.1, 0.15) is 56.4 Å². The third kappa shape index (κ3) is 4.89. The Hall–Kier alpha value is -3.73. The lowest BCUT2D eigenvalue weighted by Crippen LogP contribution is -2.33. The van der Waals surface area contributed by atoms with Crippen LogP contribution in [0.4, 0.5) is 0 Å². The van der Waals surface area contributed by atoms with E-state index in [0.29, 0.717) is 11.1 Å². The van der Waals surface area contributed by atoms with Gasteiger partial charge in [-0.3, -0.25) is 9.59 Å². The average Bonchev–Trinajstić information content (AvgIpc) is 3.62. The number of benzene rings is 3. The number of aryl methyl sites for hydroxylation is 1. The van der Waals surface area contributed by atoms with E-state index in [1.54, 1.807) is 60.7 Å². The van der Waals surface area contributed by atoms with Gasteiger partial charge in [0.2, 0.25) is 6.10 Å². The van der Waals surface area contributed by atoms with E-state index in [-0.39, 0.29) is 28.9 Å². The number of amides is 1. The van der Waals surface area contributed by atoms with E-state index >= 15 is 0 Å². The van der Waals surface area contributed by atoms with Gasteiger partial charge in [0, 0.05) is 22.7 Å². The highest BCUT2D eigenvalue weighted by atomic mass is 16.5. The van der Waals surface area contributed by atoms with Gasteiger partial charge in [-0.1, -0.05) is 78.4 Å². The van der Waals surface area contributed by atoms with Crippen molar-refractivity contribution in [3.8, 4) is 0 Å². The van der Waals surface area contributed by atoms with Gasteiger partial charge in [-0.25, -0.2) is 4.79 Å². The molecule has 0 heterocycles. The quantitative estimate of drug-likeness (QED) is 0.460. The van der Waals surface area contributed by atoms with Crippen molar-refractivity contribution in [1.82, 2.24) is 5.32 Å². The summed E-state index contributed by atoms with van der Waals surface area (Å²) >= 11 is 0. The third-order valence-corrected chi connectivity index (χ3v) is 5.19. The van der Waals surface area contributed by atoms with Gasteiger partial charge in [0.1, 0.15) is 0 Å². The number of carbonyl (C=O) groups excluding carboxylic acids is 3. The summed E-state index contributed by atoms with van der Waals surface area (Å²) in [6.07, 6.45) is 0.765. The van der Waals surface area contributed by atoms with Crippen LogP contribution in [0.3, 0.4) is 0 Å². The minimum Gasteiger partial charge on any atom is -0.444 e. The number of carbonyl (C=O) groups is 3. The summed E-state index contributed by atoms with van der Waals surface area (Å²) in [6.45, 7) is 1.94. The van der Waals surface area contributed by atoms with Crippen molar-refractivity contribution in [2.45, 2.75) is 31.9 Å². The molecule has 0 radical (unpaired) electrons. The van der Waals surface area contributed by atoms with Gasteiger partial charge in [-0.15, -0.1) is 0 Å². The van der Waals surface area contributed by atoms with Crippen LogP contribution in [0.15, 0.2) is 78.9 Å². The first-order chi connectivity index (χ1) is 15.0. The normalized spacial score (nSPS) is 13.8. The fourth-order valence-electron chi connectivity index (χ4n) is 3.30. The standard InChI is InChI=1S/C26H23NO4/c1-17-11-13-18(14-12-17)23(28)21-9-5-6-10-22(21)26(30)31-24(19-7-3-2-4-8-19)25(29)27-20-15-16-20/h2-14,20,24H,15-16H2,1H3,(H,27,29)/t24-/m1/s1. The largest absolute Gasteiger partial charge is 0.444 e. The van der Waals surface area contributed by atoms with Crippen molar-refractivity contribution in [3.63, 3.8) is 0 Å². The molecule has 0 unspecified atom stereocenters. The van der Waals surface area contributed by atoms with Crippen LogP contribution in [0, 0.1) is 6.92 Å². The number of ether oxygens (including phenoxy) is 1. The van der Waals surface area contributed by atoms with Crippen LogP contribution in [0.25, 0.3) is 0 Å². The number of hydrogen-bond acceptors (Lipinski definition) is 4. The Balaban J connectivity index is 1.61. The molecular formula is C26H23NO4. The Morgan fingerprint density at radius 1 is 0.839 bits per heavy atom. The Morgan fingerprint density at radius 2 is 1.45 bits per heavy atom. The van der Waals surface area contributed by atoms with Crippen molar-refractivity contribution in [2.24, 2.45) is 0 Å². The summed E-state index contributed by atoms with van der Waals surface area (Å²) in [5.41, 5.74) is 2.48. The summed E-state index contributed by atoms with van der Waals surface area (Å²) < 4.78 is 5.66. The molecule has 0 bridgehead atoms. The third-order valence-electron chi connectivity index (χ3n) is 5.19. The predicted octanol–water partition coefficient (Wildman–Crippen LogP) is 4.40. The molecule has 5 heteroatoms. The summed E-state index contributed by atoms with van der Waals surface area (Å²) in [4.78, 5) is 38.9. The van der Waals surface area contributed by atoms with Gasteiger partial charge in [0.25, 0.3) is 5.91 Å². The van der Waals surface area contributed by atoms with E-state index in [2.05, 4.69) is 5.32 Å². The van der Waals surface area contributed by atoms with Crippen molar-refractivity contribution < 1.29 is 19.1 Å². The van der Waals surface area contributed by atoms with Gasteiger partial charge in [0.15, 0.2) is 5.78 Å². The van der Waals surface area contributed by atoms with Crippen molar-refractivity contribution >= 4 is 17.7 Å². The first-order valence-electron chi connectivity index (χ1n) is 10.3. The van der Waals surface area contributed by atoms with E-state index in [1.165, 1.54) is 0 Å². The Labute approximate surface area is 181 Å². The number of ketones is 1. The fraction of sp³-hybridized carbons (Fsp3) is 0.192. The zero-order chi connectivity index (χ0) is 21.8. The number of hydrogen-bond donors (Lipinski definition) is 1. The van der Waals surface area contributed by atoms with E-state index in [0.717, 1.165) is 18.4 Å². The molecule has 3 aromatic rings. The van der Waals surface area contributed by atoms with E-state index in [9.17, 15) is 14.4 Å². The maximum Gasteiger partial charge on any atom is 0.340 e. The van der Waals surface area contributed by atoms with Crippen LogP contribution < -0.4 is 5.32 Å². The first-order valence-corrected chi connectivity index (χ1v) is 10.3. The van der Waals surface area contributed by atoms with Crippen LogP contribution in [-0.4, -0.2) is 23.7 Å². The maximum absolute atomic E-state index is 13.1. The molecule has 1 aliphatic rings. The van der Waals surface area contributed by atoms with Gasteiger partial charge >= 0.3 is 5.97 Å². The molecule has 0 saturated heterocycles. The molecule has 3 aromatic carbocycles. The molecule has 1 amide bonds. The molecule has 1 saturated carbocycles. The summed E-state index contributed by atoms with van der Waals surface area (Å²) in [6, 6.07) is 22.7. The van der Waals surface area contributed by atoms with Gasteiger partial charge in [0.05, 0.1) is 5.56 Å². The van der Waals surface area contributed by atoms with Crippen molar-refractivity contribution in [3.05, 3.63) is 107 Å². The molecule has 31 heavy (non-hydrogen) atoms. The molecule has 1 fully saturated rings. The van der Waals surface area contributed by atoms with Crippen LogP contribution in [0.2, 0.25) is 0 Å². The zero-order valence-corrected chi connectivity index (χ0v) is 17.2. The highest BCUT2D eigenvalue weighted by molar-refractivity contribution is 6.14. The lowest BCUT2D eigenvalue weighted by atomic mass is 9.97. The molecular weight excluding hydrogens is 390 g/mol. The highest BCUT2D eigenvalue weighted by Crippen LogP contribution is 2.25. The summed E-state index contributed by atoms with van der Waals surface area (Å²) in [5.74, 6) is -1.34. The lowest BCUT2D eigenvalue weighted by molar-refractivity contribution is -0.130. The Bertz CT molecular complexity index is 1100. The lowest BCUT2D eigenvalue weighted by Gasteiger charge is -2.19. The van der Waals surface area contributed by atoms with Crippen LogP contribution in [0.5, 0.6) is 0 Å². The Kier molecular flexibility index (Phi) is 5.94. The van der Waals surface area contributed by atoms with E-state index in [1.807, 2.05) is 25.1 Å². The van der Waals surface area contributed by atoms with Crippen molar-refractivity contribution in [1.29, 1.82) is 0 Å². The van der Waals surface area contributed by atoms with Gasteiger partial charge in [-0.05, 0) is 25.8 Å². The first kappa shape index (κ1) is 20.5. The minimum atomic E-state index is -1.09. The summed E-state index contributed by atoms with van der Waals surface area (Å²) in [5, 5.41) is 2.89. The van der Waals surface area contributed by atoms with Crippen LogP contribution >= 0.6 is 0 Å². The van der Waals surface area contributed by atoms with Gasteiger partial charge < -0.3 is 10.1 Å². The monoisotopic (exact) mass is 413 g/mol. The SMILES string of the molecule is Cc1ccc(C(=O)c2ccccc2C(=O)O[C@@H](C(=O)NC2CC2)c2ccccc2)cc1. The number of esters is 1. The van der Waals surface area contributed by atoms with Gasteiger partial charge in [-0.2, -0.15) is 0 Å². The van der Waals surface area contributed by atoms with E-state index < -0.39 is 12.1 Å². The number of nitrogens with one attached hydrogen (secondary N) is 1. The summed E-state index contributed by atoms with van der Waals surface area (Å²) in [7, 11) is 0. The second kappa shape index (κ2) is 8.96. The average molecular weight is 413 g/mol. The predicted molar refractivity (Wildman–Crippen MR) is 117 cm³/mol. The molecule has 1 atom stereocenters. The smallest absolute Gasteiger partial charge is 0.340 e. The topological polar surface area (TPSA) is 72.5 Å². The second-order valence-corrected chi connectivity index (χ2v) is 7.72.